The third-order valence-electron chi connectivity index (χ3n) is 2.77. The maximum Gasteiger partial charge on any atom is 0.158 e. The zero-order valence-electron chi connectivity index (χ0n) is 9.86. The minimum Gasteiger partial charge on any atom is -0.246 e. The average molecular weight is 292 g/mol. The topological polar surface area (TPSA) is 46.1 Å². The Balaban J connectivity index is 2.04. The molecule has 0 saturated heterocycles. The van der Waals surface area contributed by atoms with Crippen LogP contribution in [0.2, 0.25) is 5.15 Å². The fourth-order valence-corrected chi connectivity index (χ4v) is 3.20. The van der Waals surface area contributed by atoms with Gasteiger partial charge >= 0.3 is 0 Å². The number of fused-ring (bicyclic) bond motifs is 1. The predicted octanol–water partition coefficient (Wildman–Crippen LogP) is 2.73. The Morgan fingerprint density at radius 3 is 2.79 bits per heavy atom. The molecule has 1 aliphatic heterocycles. The molecular weight excluding hydrogens is 282 g/mol. The molecular formula is C13H10ClN3OS. The van der Waals surface area contributed by atoms with Crippen molar-refractivity contribution >= 4 is 28.4 Å². The SMILES string of the molecule is O=S(c1ccccc1)N1C=CCc2c(Cl)ncnc21. The quantitative estimate of drug-likeness (QED) is 0.799. The van der Waals surface area contributed by atoms with Crippen molar-refractivity contribution in [2.24, 2.45) is 0 Å². The molecule has 2 aromatic rings. The van der Waals surface area contributed by atoms with Gasteiger partial charge in [-0.15, -0.1) is 0 Å². The normalized spacial score (nSPS) is 15.1. The third-order valence-corrected chi connectivity index (χ3v) is 4.42. The lowest BCUT2D eigenvalue weighted by atomic mass is 10.2. The highest BCUT2D eigenvalue weighted by atomic mass is 35.5. The molecule has 1 aromatic carbocycles. The van der Waals surface area contributed by atoms with Gasteiger partial charge in [-0.1, -0.05) is 35.9 Å². The van der Waals surface area contributed by atoms with E-state index in [1.54, 1.807) is 10.5 Å². The van der Waals surface area contributed by atoms with E-state index in [-0.39, 0.29) is 0 Å². The fourth-order valence-electron chi connectivity index (χ4n) is 1.87. The molecule has 19 heavy (non-hydrogen) atoms. The Hall–Kier alpha value is -1.72. The molecule has 0 N–H and O–H groups in total. The highest BCUT2D eigenvalue weighted by molar-refractivity contribution is 7.86. The maximum atomic E-state index is 12.6. The molecule has 2 heterocycles. The number of hydrogen-bond donors (Lipinski definition) is 0. The number of rotatable bonds is 2. The van der Waals surface area contributed by atoms with Crippen LogP contribution in [0.1, 0.15) is 5.56 Å². The van der Waals surface area contributed by atoms with Gasteiger partial charge in [0.15, 0.2) is 16.8 Å². The molecule has 0 fully saturated rings. The van der Waals surface area contributed by atoms with Gasteiger partial charge in [-0.05, 0) is 18.6 Å². The summed E-state index contributed by atoms with van der Waals surface area (Å²) in [4.78, 5) is 8.87. The summed E-state index contributed by atoms with van der Waals surface area (Å²) in [5.41, 5.74) is 0.802. The van der Waals surface area contributed by atoms with Crippen molar-refractivity contribution in [1.29, 1.82) is 0 Å². The van der Waals surface area contributed by atoms with Crippen LogP contribution in [-0.4, -0.2) is 14.2 Å². The van der Waals surface area contributed by atoms with Crippen molar-refractivity contribution in [2.45, 2.75) is 11.3 Å². The van der Waals surface area contributed by atoms with Crippen LogP contribution < -0.4 is 4.31 Å². The summed E-state index contributed by atoms with van der Waals surface area (Å²) in [7, 11) is -1.34. The summed E-state index contributed by atoms with van der Waals surface area (Å²) in [5.74, 6) is 0.602. The molecule has 0 spiro atoms. The minimum absolute atomic E-state index is 0.407. The van der Waals surface area contributed by atoms with Crippen molar-refractivity contribution in [2.75, 3.05) is 4.31 Å². The largest absolute Gasteiger partial charge is 0.246 e. The first-order chi connectivity index (χ1) is 9.27. The van der Waals surface area contributed by atoms with E-state index in [0.717, 1.165) is 10.5 Å². The van der Waals surface area contributed by atoms with Gasteiger partial charge in [0.25, 0.3) is 0 Å². The molecule has 0 bridgehead atoms. The summed E-state index contributed by atoms with van der Waals surface area (Å²) in [5, 5.41) is 0.407. The van der Waals surface area contributed by atoms with E-state index < -0.39 is 11.0 Å². The van der Waals surface area contributed by atoms with Crippen LogP contribution in [-0.2, 0) is 17.4 Å². The molecule has 4 nitrogen and oxygen atoms in total. The van der Waals surface area contributed by atoms with Gasteiger partial charge in [-0.3, -0.25) is 0 Å². The summed E-state index contributed by atoms with van der Waals surface area (Å²) in [6.07, 6.45) is 5.71. The van der Waals surface area contributed by atoms with E-state index in [9.17, 15) is 4.21 Å². The molecule has 1 unspecified atom stereocenters. The van der Waals surface area contributed by atoms with Crippen molar-refractivity contribution in [3.05, 3.63) is 59.7 Å². The Morgan fingerprint density at radius 1 is 1.21 bits per heavy atom. The van der Waals surface area contributed by atoms with Crippen LogP contribution in [0.5, 0.6) is 0 Å². The summed E-state index contributed by atoms with van der Waals surface area (Å²) in [6.45, 7) is 0. The Bertz CT molecular complexity index is 660. The molecule has 0 amide bonds. The second kappa shape index (κ2) is 5.11. The highest BCUT2D eigenvalue weighted by Gasteiger charge is 2.22. The van der Waals surface area contributed by atoms with Gasteiger partial charge in [0.05, 0.1) is 4.90 Å². The third kappa shape index (κ3) is 2.27. The summed E-state index contributed by atoms with van der Waals surface area (Å²) < 4.78 is 14.2. The van der Waals surface area contributed by atoms with E-state index in [4.69, 9.17) is 11.6 Å². The van der Waals surface area contributed by atoms with E-state index in [1.165, 1.54) is 6.33 Å². The lowest BCUT2D eigenvalue weighted by Crippen LogP contribution is -2.24. The summed E-state index contributed by atoms with van der Waals surface area (Å²) >= 11 is 6.05. The molecule has 1 aliphatic rings. The Morgan fingerprint density at radius 2 is 2.00 bits per heavy atom. The van der Waals surface area contributed by atoms with Gasteiger partial charge in [0, 0.05) is 11.8 Å². The van der Waals surface area contributed by atoms with Crippen molar-refractivity contribution in [3.63, 3.8) is 0 Å². The second-order valence-corrected chi connectivity index (χ2v) is 5.66. The van der Waals surface area contributed by atoms with E-state index in [2.05, 4.69) is 9.97 Å². The highest BCUT2D eigenvalue weighted by Crippen LogP contribution is 2.30. The van der Waals surface area contributed by atoms with E-state index >= 15 is 0 Å². The monoisotopic (exact) mass is 291 g/mol. The number of allylic oxidation sites excluding steroid dienone is 1. The zero-order chi connectivity index (χ0) is 13.2. The van der Waals surface area contributed by atoms with Gasteiger partial charge in [-0.25, -0.2) is 18.5 Å². The number of hydrogen-bond acceptors (Lipinski definition) is 3. The fraction of sp³-hybridized carbons (Fsp3) is 0.0769. The summed E-state index contributed by atoms with van der Waals surface area (Å²) in [6, 6.07) is 9.24. The van der Waals surface area contributed by atoms with Crippen LogP contribution in [0.25, 0.3) is 0 Å². The molecule has 0 aliphatic carbocycles. The average Bonchev–Trinajstić information content (AvgIpc) is 2.47. The van der Waals surface area contributed by atoms with Gasteiger partial charge in [-0.2, -0.15) is 0 Å². The first-order valence-corrected chi connectivity index (χ1v) is 7.18. The number of halogens is 1. The molecule has 3 rings (SSSR count). The zero-order valence-corrected chi connectivity index (χ0v) is 11.4. The molecule has 0 saturated carbocycles. The lowest BCUT2D eigenvalue weighted by molar-refractivity contribution is 0.682. The van der Waals surface area contributed by atoms with Gasteiger partial charge < -0.3 is 0 Å². The standard InChI is InChI=1S/C13H10ClN3OS/c14-12-11-7-4-8-17(13(11)16-9-15-12)19(18)10-5-2-1-3-6-10/h1-6,8-9H,7H2. The molecule has 1 aromatic heterocycles. The molecule has 0 radical (unpaired) electrons. The number of aromatic nitrogens is 2. The van der Waals surface area contributed by atoms with Crippen molar-refractivity contribution in [3.8, 4) is 0 Å². The minimum atomic E-state index is -1.34. The molecule has 6 heteroatoms. The van der Waals surface area contributed by atoms with Gasteiger partial charge in [0.1, 0.15) is 11.5 Å². The van der Waals surface area contributed by atoms with E-state index in [1.807, 2.05) is 36.4 Å². The second-order valence-electron chi connectivity index (χ2n) is 3.94. The lowest BCUT2D eigenvalue weighted by Gasteiger charge is -2.23. The van der Waals surface area contributed by atoms with Crippen LogP contribution in [0.4, 0.5) is 5.82 Å². The Kier molecular flexibility index (Phi) is 3.31. The molecule has 1 atom stereocenters. The number of benzene rings is 1. The first kappa shape index (κ1) is 12.3. The number of nitrogens with zero attached hydrogens (tertiary/aromatic N) is 3. The van der Waals surface area contributed by atoms with Gasteiger partial charge in [0.2, 0.25) is 0 Å². The first-order valence-electron chi connectivity index (χ1n) is 5.69. The van der Waals surface area contributed by atoms with Crippen LogP contribution in [0.15, 0.2) is 53.8 Å². The van der Waals surface area contributed by atoms with Crippen LogP contribution in [0, 0.1) is 0 Å². The smallest absolute Gasteiger partial charge is 0.158 e. The van der Waals surface area contributed by atoms with Crippen molar-refractivity contribution in [1.82, 2.24) is 9.97 Å². The number of anilines is 1. The Labute approximate surface area is 118 Å². The van der Waals surface area contributed by atoms with Crippen LogP contribution >= 0.6 is 11.6 Å². The maximum absolute atomic E-state index is 12.6. The van der Waals surface area contributed by atoms with Crippen molar-refractivity contribution < 1.29 is 4.21 Å². The van der Waals surface area contributed by atoms with Crippen LogP contribution in [0.3, 0.4) is 0 Å². The predicted molar refractivity (Wildman–Crippen MR) is 75.2 cm³/mol. The van der Waals surface area contributed by atoms with E-state index in [0.29, 0.717) is 17.4 Å². The molecule has 96 valence electrons.